The molecule has 1 aliphatic heterocycles. The Morgan fingerprint density at radius 1 is 1.32 bits per heavy atom. The highest BCUT2D eigenvalue weighted by Gasteiger charge is 2.19. The lowest BCUT2D eigenvalue weighted by atomic mass is 9.96. The summed E-state index contributed by atoms with van der Waals surface area (Å²) in [6, 6.07) is 4.13. The SMILES string of the molecule is CN=C(NCC(c1ccco1)N(C)C)N(C)CCC1CCOCC1.I. The van der Waals surface area contributed by atoms with Gasteiger partial charge in [-0.3, -0.25) is 9.89 Å². The van der Waals surface area contributed by atoms with Crippen LogP contribution in [0.25, 0.3) is 0 Å². The topological polar surface area (TPSA) is 53.2 Å². The van der Waals surface area contributed by atoms with Crippen LogP contribution < -0.4 is 5.32 Å². The van der Waals surface area contributed by atoms with Crippen molar-refractivity contribution in [3.8, 4) is 0 Å². The van der Waals surface area contributed by atoms with Crippen molar-refractivity contribution < 1.29 is 9.15 Å². The van der Waals surface area contributed by atoms with Crippen molar-refractivity contribution >= 4 is 29.9 Å². The predicted molar refractivity (Wildman–Crippen MR) is 113 cm³/mol. The smallest absolute Gasteiger partial charge is 0.193 e. The van der Waals surface area contributed by atoms with Crippen LogP contribution in [0.1, 0.15) is 31.1 Å². The Hall–Kier alpha value is -0.800. The number of rotatable bonds is 7. The summed E-state index contributed by atoms with van der Waals surface area (Å²) in [6.07, 6.45) is 5.28. The number of hydrogen-bond donors (Lipinski definition) is 1. The molecule has 1 aliphatic rings. The van der Waals surface area contributed by atoms with Crippen molar-refractivity contribution in [3.05, 3.63) is 24.2 Å². The van der Waals surface area contributed by atoms with E-state index in [-0.39, 0.29) is 30.0 Å². The quantitative estimate of drug-likeness (QED) is 0.382. The van der Waals surface area contributed by atoms with Crippen molar-refractivity contribution in [3.63, 3.8) is 0 Å². The zero-order valence-electron chi connectivity index (χ0n) is 15.9. The number of aliphatic imine (C=N–C) groups is 1. The van der Waals surface area contributed by atoms with E-state index >= 15 is 0 Å². The van der Waals surface area contributed by atoms with Gasteiger partial charge in [-0.2, -0.15) is 0 Å². The number of nitrogens with zero attached hydrogens (tertiary/aromatic N) is 3. The summed E-state index contributed by atoms with van der Waals surface area (Å²) in [5.41, 5.74) is 0. The van der Waals surface area contributed by atoms with E-state index < -0.39 is 0 Å². The molecule has 1 atom stereocenters. The fraction of sp³-hybridized carbons (Fsp3) is 0.722. The lowest BCUT2D eigenvalue weighted by molar-refractivity contribution is 0.0625. The number of furan rings is 1. The minimum atomic E-state index is 0. The zero-order valence-corrected chi connectivity index (χ0v) is 18.2. The maximum atomic E-state index is 5.56. The third-order valence-corrected chi connectivity index (χ3v) is 4.74. The molecule has 0 bridgehead atoms. The molecule has 1 aromatic rings. The van der Waals surface area contributed by atoms with Gasteiger partial charge in [0.1, 0.15) is 5.76 Å². The monoisotopic (exact) mass is 464 g/mol. The van der Waals surface area contributed by atoms with Crippen molar-refractivity contribution in [1.29, 1.82) is 0 Å². The number of likely N-dealkylation sites (N-methyl/N-ethyl adjacent to an activating group) is 1. The summed E-state index contributed by atoms with van der Waals surface area (Å²) in [7, 11) is 8.07. The molecule has 25 heavy (non-hydrogen) atoms. The average molecular weight is 464 g/mol. The van der Waals surface area contributed by atoms with Gasteiger partial charge in [0.2, 0.25) is 0 Å². The van der Waals surface area contributed by atoms with E-state index in [0.717, 1.165) is 43.9 Å². The van der Waals surface area contributed by atoms with Crippen molar-refractivity contribution in [2.45, 2.75) is 25.3 Å². The average Bonchev–Trinajstić information content (AvgIpc) is 3.11. The Bertz CT molecular complexity index is 487. The van der Waals surface area contributed by atoms with Gasteiger partial charge < -0.3 is 19.4 Å². The second kappa shape index (κ2) is 11.7. The van der Waals surface area contributed by atoms with E-state index in [1.165, 1.54) is 19.3 Å². The molecule has 7 heteroatoms. The number of halogens is 1. The van der Waals surface area contributed by atoms with Gasteiger partial charge in [0.25, 0.3) is 0 Å². The minimum absolute atomic E-state index is 0. The lowest BCUT2D eigenvalue weighted by Gasteiger charge is -2.28. The van der Waals surface area contributed by atoms with Gasteiger partial charge in [-0.05, 0) is 51.4 Å². The standard InChI is InChI=1S/C18H32N4O2.HI/c1-19-18(22(4)10-7-15-8-12-23-13-9-15)20-14-16(21(2)3)17-6-5-11-24-17;/h5-6,11,15-16H,7-10,12-14H2,1-4H3,(H,19,20);1H. The van der Waals surface area contributed by atoms with Crippen molar-refractivity contribution in [1.82, 2.24) is 15.1 Å². The van der Waals surface area contributed by atoms with Crippen LogP contribution in [0.5, 0.6) is 0 Å². The second-order valence-corrected chi connectivity index (χ2v) is 6.69. The Labute approximate surface area is 169 Å². The van der Waals surface area contributed by atoms with E-state index in [2.05, 4.69) is 41.3 Å². The third-order valence-electron chi connectivity index (χ3n) is 4.74. The normalized spacial score (nSPS) is 17.2. The first-order chi connectivity index (χ1) is 11.6. The molecule has 0 aliphatic carbocycles. The van der Waals surface area contributed by atoms with E-state index in [0.29, 0.717) is 0 Å². The van der Waals surface area contributed by atoms with Crippen LogP contribution in [-0.2, 0) is 4.74 Å². The molecular formula is C18H33IN4O2. The molecule has 6 nitrogen and oxygen atoms in total. The van der Waals surface area contributed by atoms with Gasteiger partial charge in [-0.15, -0.1) is 24.0 Å². The molecule has 0 spiro atoms. The van der Waals surface area contributed by atoms with Crippen LogP contribution in [-0.4, -0.2) is 70.3 Å². The first kappa shape index (κ1) is 22.2. The number of ether oxygens (including phenoxy) is 1. The van der Waals surface area contributed by atoms with Crippen LogP contribution in [0.4, 0.5) is 0 Å². The van der Waals surface area contributed by atoms with Gasteiger partial charge in [0.15, 0.2) is 5.96 Å². The Morgan fingerprint density at radius 2 is 2.04 bits per heavy atom. The molecule has 1 unspecified atom stereocenters. The van der Waals surface area contributed by atoms with Gasteiger partial charge in [-0.1, -0.05) is 0 Å². The van der Waals surface area contributed by atoms with Gasteiger partial charge in [0, 0.05) is 40.4 Å². The molecule has 2 rings (SSSR count). The fourth-order valence-corrected chi connectivity index (χ4v) is 3.11. The predicted octanol–water partition coefficient (Wildman–Crippen LogP) is 2.82. The van der Waals surface area contributed by atoms with E-state index in [1.807, 2.05) is 19.2 Å². The molecule has 0 saturated carbocycles. The molecule has 0 amide bonds. The lowest BCUT2D eigenvalue weighted by Crippen LogP contribution is -2.43. The van der Waals surface area contributed by atoms with E-state index in [9.17, 15) is 0 Å². The van der Waals surface area contributed by atoms with Crippen LogP contribution in [0.2, 0.25) is 0 Å². The summed E-state index contributed by atoms with van der Waals surface area (Å²) >= 11 is 0. The van der Waals surface area contributed by atoms with E-state index in [1.54, 1.807) is 6.26 Å². The Balaban J connectivity index is 0.00000312. The summed E-state index contributed by atoms with van der Waals surface area (Å²) in [4.78, 5) is 8.79. The number of guanidine groups is 1. The highest BCUT2D eigenvalue weighted by Crippen LogP contribution is 2.19. The van der Waals surface area contributed by atoms with Crippen LogP contribution in [0.3, 0.4) is 0 Å². The zero-order chi connectivity index (χ0) is 17.4. The maximum absolute atomic E-state index is 5.56. The van der Waals surface area contributed by atoms with Crippen LogP contribution >= 0.6 is 24.0 Å². The maximum Gasteiger partial charge on any atom is 0.193 e. The molecule has 1 saturated heterocycles. The molecule has 1 fully saturated rings. The highest BCUT2D eigenvalue weighted by molar-refractivity contribution is 14.0. The summed E-state index contributed by atoms with van der Waals surface area (Å²) in [5, 5.41) is 3.48. The largest absolute Gasteiger partial charge is 0.468 e. The Kier molecular flexibility index (Phi) is 10.4. The van der Waals surface area contributed by atoms with Gasteiger partial charge >= 0.3 is 0 Å². The highest BCUT2D eigenvalue weighted by atomic mass is 127. The second-order valence-electron chi connectivity index (χ2n) is 6.69. The van der Waals surface area contributed by atoms with Crippen LogP contribution in [0, 0.1) is 5.92 Å². The fourth-order valence-electron chi connectivity index (χ4n) is 3.11. The third kappa shape index (κ3) is 7.15. The van der Waals surface area contributed by atoms with Crippen molar-refractivity contribution in [2.24, 2.45) is 10.9 Å². The van der Waals surface area contributed by atoms with Crippen LogP contribution in [0.15, 0.2) is 27.8 Å². The summed E-state index contributed by atoms with van der Waals surface area (Å²) in [6.45, 7) is 3.59. The molecular weight excluding hydrogens is 431 g/mol. The van der Waals surface area contributed by atoms with Gasteiger partial charge in [0.05, 0.1) is 12.3 Å². The van der Waals surface area contributed by atoms with E-state index in [4.69, 9.17) is 9.15 Å². The molecule has 1 aromatic heterocycles. The van der Waals surface area contributed by atoms with Gasteiger partial charge in [-0.25, -0.2) is 0 Å². The first-order valence-corrected chi connectivity index (χ1v) is 8.81. The molecule has 2 heterocycles. The van der Waals surface area contributed by atoms with Crippen molar-refractivity contribution in [2.75, 3.05) is 54.5 Å². The minimum Gasteiger partial charge on any atom is -0.468 e. The molecule has 144 valence electrons. The summed E-state index contributed by atoms with van der Waals surface area (Å²) in [5.74, 6) is 2.67. The summed E-state index contributed by atoms with van der Waals surface area (Å²) < 4.78 is 11.0. The molecule has 0 radical (unpaired) electrons. The first-order valence-electron chi connectivity index (χ1n) is 8.81. The number of hydrogen-bond acceptors (Lipinski definition) is 4. The number of nitrogens with one attached hydrogen (secondary N) is 1. The molecule has 1 N–H and O–H groups in total. The molecule has 0 aromatic carbocycles. The Morgan fingerprint density at radius 3 is 2.60 bits per heavy atom.